The van der Waals surface area contributed by atoms with Crippen LogP contribution in [0.3, 0.4) is 0 Å². The first kappa shape index (κ1) is 27.6. The average Bonchev–Trinajstić information content (AvgIpc) is 3.29. The van der Waals surface area contributed by atoms with Crippen molar-refractivity contribution in [2.45, 2.75) is 20.8 Å². The van der Waals surface area contributed by atoms with Gasteiger partial charge in [0.05, 0.1) is 17.0 Å². The highest BCUT2D eigenvalue weighted by molar-refractivity contribution is 6.22. The van der Waals surface area contributed by atoms with E-state index in [1.54, 1.807) is 36.4 Å². The molecule has 0 atom stereocenters. The van der Waals surface area contributed by atoms with Crippen LogP contribution in [0.4, 0.5) is 5.69 Å². The van der Waals surface area contributed by atoms with Crippen molar-refractivity contribution < 1.29 is 14.7 Å². The molecule has 39 heavy (non-hydrogen) atoms. The first-order chi connectivity index (χ1) is 18.9. The fraction of sp³-hybridized carbons (Fsp3) is 0.258. The molecule has 3 aromatic carbocycles. The molecular weight excluding hydrogens is 490 g/mol. The number of nitrogens with one attached hydrogen (secondary N) is 3. The number of H-pyrrole nitrogens is 1. The number of rotatable bonds is 11. The maximum Gasteiger partial charge on any atom is 0.251 e. The number of likely N-dealkylation sites (N-methyl/N-ethyl adjacent to an activating group) is 1. The molecule has 8 heteroatoms. The van der Waals surface area contributed by atoms with Crippen LogP contribution in [-0.4, -0.2) is 65.2 Å². The predicted molar refractivity (Wildman–Crippen MR) is 156 cm³/mol. The summed E-state index contributed by atoms with van der Waals surface area (Å²) in [5.74, 6) is -0.341. The monoisotopic (exact) mass is 525 g/mol. The van der Waals surface area contributed by atoms with E-state index in [-0.39, 0.29) is 17.7 Å². The van der Waals surface area contributed by atoms with Gasteiger partial charge in [-0.2, -0.15) is 0 Å². The van der Waals surface area contributed by atoms with Gasteiger partial charge in [-0.25, -0.2) is 4.99 Å². The Kier molecular flexibility index (Phi) is 9.12. The van der Waals surface area contributed by atoms with Gasteiger partial charge in [0.15, 0.2) is 5.88 Å². The van der Waals surface area contributed by atoms with Crippen LogP contribution in [-0.2, 0) is 0 Å². The van der Waals surface area contributed by atoms with E-state index in [0.717, 1.165) is 30.6 Å². The van der Waals surface area contributed by atoms with Gasteiger partial charge in [-0.1, -0.05) is 50.2 Å². The molecule has 0 fully saturated rings. The molecule has 0 unspecified atom stereocenters. The molecule has 8 nitrogen and oxygen atoms in total. The van der Waals surface area contributed by atoms with Gasteiger partial charge in [0.25, 0.3) is 11.8 Å². The lowest BCUT2D eigenvalue weighted by Gasteiger charge is -2.17. The summed E-state index contributed by atoms with van der Waals surface area (Å²) in [5.41, 5.74) is 4.26. The SMILES string of the molecule is CCNC(=O)c1ccc2c(C(=Nc3ccc(C(=O)NCCN(CC)CC)cc3)c3ccccc3)c(O)[nH]c2c1. The van der Waals surface area contributed by atoms with Crippen LogP contribution in [0.15, 0.2) is 77.8 Å². The van der Waals surface area contributed by atoms with Crippen LogP contribution in [0, 0.1) is 0 Å². The summed E-state index contributed by atoms with van der Waals surface area (Å²) < 4.78 is 0. The van der Waals surface area contributed by atoms with Gasteiger partial charge in [0.2, 0.25) is 0 Å². The average molecular weight is 526 g/mol. The third kappa shape index (κ3) is 6.53. The fourth-order valence-electron chi connectivity index (χ4n) is 4.47. The second kappa shape index (κ2) is 12.9. The van der Waals surface area contributed by atoms with Gasteiger partial charge in [0, 0.05) is 47.2 Å². The van der Waals surface area contributed by atoms with Crippen LogP contribution in [0.2, 0.25) is 0 Å². The Morgan fingerprint density at radius 1 is 0.846 bits per heavy atom. The highest BCUT2D eigenvalue weighted by Gasteiger charge is 2.20. The lowest BCUT2D eigenvalue weighted by molar-refractivity contribution is 0.0943. The summed E-state index contributed by atoms with van der Waals surface area (Å²) in [7, 11) is 0. The van der Waals surface area contributed by atoms with Gasteiger partial charge in [-0.3, -0.25) is 9.59 Å². The summed E-state index contributed by atoms with van der Waals surface area (Å²) in [6, 6.07) is 22.0. The number of hydrogen-bond acceptors (Lipinski definition) is 5. The molecule has 4 rings (SSSR count). The number of aromatic hydroxyl groups is 1. The summed E-state index contributed by atoms with van der Waals surface area (Å²) in [6.07, 6.45) is 0. The molecule has 0 aliphatic heterocycles. The minimum Gasteiger partial charge on any atom is -0.494 e. The topological polar surface area (TPSA) is 110 Å². The first-order valence-corrected chi connectivity index (χ1v) is 13.3. The Hall–Kier alpha value is -4.43. The zero-order valence-corrected chi connectivity index (χ0v) is 22.6. The summed E-state index contributed by atoms with van der Waals surface area (Å²) in [6.45, 7) is 9.89. The minimum absolute atomic E-state index is 0.0372. The van der Waals surface area contributed by atoms with Crippen molar-refractivity contribution in [3.63, 3.8) is 0 Å². The number of carbonyl (C=O) groups is 2. The molecule has 4 N–H and O–H groups in total. The number of fused-ring (bicyclic) bond motifs is 1. The van der Waals surface area contributed by atoms with Gasteiger partial charge in [-0.15, -0.1) is 0 Å². The van der Waals surface area contributed by atoms with E-state index in [0.29, 0.717) is 46.7 Å². The van der Waals surface area contributed by atoms with E-state index in [2.05, 4.69) is 34.4 Å². The molecule has 0 bridgehead atoms. The van der Waals surface area contributed by atoms with Crippen molar-refractivity contribution in [3.8, 4) is 5.88 Å². The highest BCUT2D eigenvalue weighted by atomic mass is 16.3. The molecule has 1 aromatic heterocycles. The molecule has 0 aliphatic carbocycles. The van der Waals surface area contributed by atoms with Crippen molar-refractivity contribution in [1.82, 2.24) is 20.5 Å². The van der Waals surface area contributed by atoms with Crippen molar-refractivity contribution in [2.75, 3.05) is 32.7 Å². The molecule has 202 valence electrons. The molecular formula is C31H35N5O3. The molecule has 0 aliphatic rings. The van der Waals surface area contributed by atoms with Gasteiger partial charge in [0.1, 0.15) is 0 Å². The van der Waals surface area contributed by atoms with Crippen LogP contribution < -0.4 is 10.6 Å². The van der Waals surface area contributed by atoms with Crippen molar-refractivity contribution >= 4 is 34.1 Å². The number of aromatic nitrogens is 1. The van der Waals surface area contributed by atoms with Gasteiger partial charge >= 0.3 is 0 Å². The second-order valence-electron chi connectivity index (χ2n) is 9.12. The lowest BCUT2D eigenvalue weighted by atomic mass is 10.00. The number of aliphatic imine (C=N–C) groups is 1. The summed E-state index contributed by atoms with van der Waals surface area (Å²) in [4.78, 5) is 35.1. The molecule has 0 saturated heterocycles. The molecule has 0 spiro atoms. The number of hydrogen-bond donors (Lipinski definition) is 4. The van der Waals surface area contributed by atoms with E-state index >= 15 is 0 Å². The Labute approximate surface area is 228 Å². The van der Waals surface area contributed by atoms with E-state index in [9.17, 15) is 14.7 Å². The summed E-state index contributed by atoms with van der Waals surface area (Å²) in [5, 5.41) is 17.5. The molecule has 2 amide bonds. The summed E-state index contributed by atoms with van der Waals surface area (Å²) >= 11 is 0. The van der Waals surface area contributed by atoms with Crippen LogP contribution in [0.25, 0.3) is 10.9 Å². The number of benzene rings is 3. The quantitative estimate of drug-likeness (QED) is 0.210. The van der Waals surface area contributed by atoms with E-state index in [1.165, 1.54) is 0 Å². The fourth-order valence-corrected chi connectivity index (χ4v) is 4.47. The van der Waals surface area contributed by atoms with Crippen molar-refractivity contribution in [3.05, 3.63) is 95.1 Å². The molecule has 0 radical (unpaired) electrons. The normalized spacial score (nSPS) is 11.6. The third-order valence-electron chi connectivity index (χ3n) is 6.64. The first-order valence-electron chi connectivity index (χ1n) is 13.3. The second-order valence-corrected chi connectivity index (χ2v) is 9.12. The number of aromatic amines is 1. The smallest absolute Gasteiger partial charge is 0.251 e. The third-order valence-corrected chi connectivity index (χ3v) is 6.64. The van der Waals surface area contributed by atoms with Crippen LogP contribution >= 0.6 is 0 Å². The van der Waals surface area contributed by atoms with E-state index in [1.807, 2.05) is 43.3 Å². The highest BCUT2D eigenvalue weighted by Crippen LogP contribution is 2.32. The Morgan fingerprint density at radius 2 is 1.51 bits per heavy atom. The predicted octanol–water partition coefficient (Wildman–Crippen LogP) is 4.86. The van der Waals surface area contributed by atoms with E-state index < -0.39 is 0 Å². The molecule has 4 aromatic rings. The van der Waals surface area contributed by atoms with E-state index in [4.69, 9.17) is 4.99 Å². The zero-order valence-electron chi connectivity index (χ0n) is 22.6. The zero-order chi connectivity index (χ0) is 27.8. The Balaban J connectivity index is 1.65. The largest absolute Gasteiger partial charge is 0.494 e. The minimum atomic E-state index is -0.177. The standard InChI is InChI=1S/C31H35N5O3/c1-4-32-30(38)23-14-17-25-26(20-23)35-31(39)27(25)28(21-10-8-7-9-11-21)34-24-15-12-22(13-16-24)29(37)33-18-19-36(5-2)6-3/h7-17,20,35,39H,4-6,18-19H2,1-3H3,(H,32,38)(H,33,37). The number of amides is 2. The maximum absolute atomic E-state index is 12.6. The Morgan fingerprint density at radius 3 is 2.18 bits per heavy atom. The maximum atomic E-state index is 12.6. The Bertz CT molecular complexity index is 1460. The number of nitrogens with zero attached hydrogens (tertiary/aromatic N) is 2. The van der Waals surface area contributed by atoms with Gasteiger partial charge in [-0.05, 0) is 56.4 Å². The molecule has 1 heterocycles. The van der Waals surface area contributed by atoms with Crippen LogP contribution in [0.5, 0.6) is 5.88 Å². The number of carbonyl (C=O) groups excluding carboxylic acids is 2. The van der Waals surface area contributed by atoms with Gasteiger partial charge < -0.3 is 25.6 Å². The lowest BCUT2D eigenvalue weighted by Crippen LogP contribution is -2.34. The van der Waals surface area contributed by atoms with Crippen molar-refractivity contribution in [1.29, 1.82) is 0 Å². The van der Waals surface area contributed by atoms with Crippen LogP contribution in [0.1, 0.15) is 52.6 Å². The van der Waals surface area contributed by atoms with Crippen molar-refractivity contribution in [2.24, 2.45) is 4.99 Å². The molecule has 0 saturated carbocycles.